The van der Waals surface area contributed by atoms with Gasteiger partial charge in [-0.3, -0.25) is 4.79 Å². The molecule has 0 saturated carbocycles. The van der Waals surface area contributed by atoms with Gasteiger partial charge in [0.25, 0.3) is 0 Å². The lowest BCUT2D eigenvalue weighted by Gasteiger charge is -2.09. The van der Waals surface area contributed by atoms with E-state index in [-0.39, 0.29) is 18.2 Å². The maximum Gasteiger partial charge on any atom is 0.150 e. The van der Waals surface area contributed by atoms with E-state index < -0.39 is 9.89 Å². The number of hydrogen-bond donors (Lipinski definition) is 2. The van der Waals surface area contributed by atoms with E-state index in [0.717, 1.165) is 0 Å². The number of carbonyl (C=O) groups is 1. The molecule has 1 atom stereocenters. The Kier molecular flexibility index (Phi) is 4.44. The Labute approximate surface area is 74.0 Å². The van der Waals surface area contributed by atoms with Gasteiger partial charge in [-0.15, -0.1) is 0 Å². The van der Waals surface area contributed by atoms with Gasteiger partial charge >= 0.3 is 0 Å². The highest BCUT2D eigenvalue weighted by Gasteiger charge is 2.08. The molecule has 0 aromatic heterocycles. The zero-order valence-corrected chi connectivity index (χ0v) is 8.53. The minimum absolute atomic E-state index is 0.0293. The Morgan fingerprint density at radius 3 is 2.42 bits per heavy atom. The predicted octanol–water partition coefficient (Wildman–Crippen LogP) is -0.433. The van der Waals surface area contributed by atoms with Crippen LogP contribution in [0.2, 0.25) is 0 Å². The number of hydrogen-bond acceptors (Lipinski definition) is 2. The van der Waals surface area contributed by atoms with E-state index >= 15 is 0 Å². The summed E-state index contributed by atoms with van der Waals surface area (Å²) < 4.78 is 16.2. The summed E-state index contributed by atoms with van der Waals surface area (Å²) in [6.07, 6.45) is 0. The van der Waals surface area contributed by atoms with Crippen LogP contribution in [0.4, 0.5) is 0 Å². The van der Waals surface area contributed by atoms with Crippen molar-refractivity contribution in [2.45, 2.75) is 13.8 Å². The molecule has 0 amide bonds. The van der Waals surface area contributed by atoms with Crippen LogP contribution in [0.5, 0.6) is 0 Å². The molecule has 1 unspecified atom stereocenters. The highest BCUT2D eigenvalue weighted by Crippen LogP contribution is 1.92. The lowest BCUT2D eigenvalue weighted by molar-refractivity contribution is -0.120. The van der Waals surface area contributed by atoms with Gasteiger partial charge < -0.3 is 0 Å². The summed E-state index contributed by atoms with van der Waals surface area (Å²) >= 11 is 0. The van der Waals surface area contributed by atoms with Gasteiger partial charge in [0, 0.05) is 5.92 Å². The SMILES string of the molecule is C=S(=O)(NC)NCC(=O)C(C)C. The number of Topliss-reactive ketones (excluding diaryl/α,β-unsaturated/α-hetero) is 1. The molecular formula is C7H16N2O2S. The molecule has 0 spiro atoms. The number of rotatable bonds is 5. The molecule has 0 aliphatic rings. The fourth-order valence-electron chi connectivity index (χ4n) is 0.464. The van der Waals surface area contributed by atoms with Gasteiger partial charge in [-0.1, -0.05) is 13.8 Å². The number of carbonyl (C=O) groups excluding carboxylic acids is 1. The van der Waals surface area contributed by atoms with Crippen molar-refractivity contribution in [3.05, 3.63) is 0 Å². The summed E-state index contributed by atoms with van der Waals surface area (Å²) in [4.78, 5) is 11.1. The first kappa shape index (κ1) is 11.6. The first-order valence-electron chi connectivity index (χ1n) is 3.72. The molecule has 0 rings (SSSR count). The molecule has 0 aliphatic carbocycles. The molecule has 0 aliphatic heterocycles. The van der Waals surface area contributed by atoms with E-state index in [1.807, 2.05) is 0 Å². The van der Waals surface area contributed by atoms with Crippen molar-refractivity contribution in [1.82, 2.24) is 9.44 Å². The molecule has 0 aromatic rings. The van der Waals surface area contributed by atoms with Gasteiger partial charge in [-0.05, 0) is 12.9 Å². The normalized spacial score (nSPS) is 16.0. The second kappa shape index (κ2) is 4.59. The van der Waals surface area contributed by atoms with E-state index in [0.29, 0.717) is 0 Å². The van der Waals surface area contributed by atoms with Crippen molar-refractivity contribution in [3.63, 3.8) is 0 Å². The molecule has 0 aromatic carbocycles. The summed E-state index contributed by atoms with van der Waals surface area (Å²) in [6, 6.07) is 0. The lowest BCUT2D eigenvalue weighted by Crippen LogP contribution is -2.38. The monoisotopic (exact) mass is 192 g/mol. The highest BCUT2D eigenvalue weighted by molar-refractivity contribution is 7.96. The second-order valence-corrected chi connectivity index (χ2v) is 4.87. The Bertz CT molecular complexity index is 244. The molecule has 12 heavy (non-hydrogen) atoms. The highest BCUT2D eigenvalue weighted by atomic mass is 32.2. The Morgan fingerprint density at radius 2 is 2.08 bits per heavy atom. The van der Waals surface area contributed by atoms with Crippen LogP contribution >= 0.6 is 0 Å². The molecule has 0 heterocycles. The van der Waals surface area contributed by atoms with Crippen LogP contribution in [-0.4, -0.2) is 29.5 Å². The molecule has 4 nitrogen and oxygen atoms in total. The quantitative estimate of drug-likeness (QED) is 0.581. The molecule has 0 saturated heterocycles. The second-order valence-electron chi connectivity index (χ2n) is 2.82. The summed E-state index contributed by atoms with van der Waals surface area (Å²) in [5, 5.41) is 0. The standard InChI is InChI=1S/C7H16N2O2S/c1-6(2)7(10)5-9-12(4,11)8-3/h6H,4-5H2,1-3H3,(H2,8,9,11). The van der Waals surface area contributed by atoms with Crippen molar-refractivity contribution in [3.8, 4) is 0 Å². The van der Waals surface area contributed by atoms with E-state index in [1.165, 1.54) is 7.05 Å². The maximum absolute atomic E-state index is 11.2. The summed E-state index contributed by atoms with van der Waals surface area (Å²) in [7, 11) is -0.939. The van der Waals surface area contributed by atoms with E-state index in [2.05, 4.69) is 15.3 Å². The van der Waals surface area contributed by atoms with Crippen molar-refractivity contribution in [1.29, 1.82) is 0 Å². The van der Waals surface area contributed by atoms with Crippen molar-refractivity contribution in [2.24, 2.45) is 5.92 Å². The van der Waals surface area contributed by atoms with Crippen LogP contribution in [0.15, 0.2) is 0 Å². The van der Waals surface area contributed by atoms with E-state index in [9.17, 15) is 9.00 Å². The maximum atomic E-state index is 11.2. The Balaban J connectivity index is 3.93. The molecule has 72 valence electrons. The smallest absolute Gasteiger partial charge is 0.150 e. The fraction of sp³-hybridized carbons (Fsp3) is 0.714. The van der Waals surface area contributed by atoms with E-state index in [1.54, 1.807) is 13.8 Å². The van der Waals surface area contributed by atoms with Gasteiger partial charge in [-0.25, -0.2) is 13.7 Å². The summed E-state index contributed by atoms with van der Waals surface area (Å²) in [5.41, 5.74) is 0. The third kappa shape index (κ3) is 4.48. The molecule has 5 heteroatoms. The van der Waals surface area contributed by atoms with Crippen LogP contribution in [0, 0.1) is 5.92 Å². The molecular weight excluding hydrogens is 176 g/mol. The molecule has 2 N–H and O–H groups in total. The summed E-state index contributed by atoms with van der Waals surface area (Å²) in [5.74, 6) is 3.36. The van der Waals surface area contributed by atoms with Gasteiger partial charge in [0.05, 0.1) is 16.4 Å². The van der Waals surface area contributed by atoms with Crippen LogP contribution in [0.1, 0.15) is 13.8 Å². The first-order chi connectivity index (χ1) is 5.39. The van der Waals surface area contributed by atoms with Crippen molar-refractivity contribution < 1.29 is 9.00 Å². The average Bonchev–Trinajstić information content (AvgIpc) is 2.00. The first-order valence-corrected chi connectivity index (χ1v) is 5.45. The van der Waals surface area contributed by atoms with Gasteiger partial charge in [0.2, 0.25) is 0 Å². The van der Waals surface area contributed by atoms with Crippen molar-refractivity contribution in [2.75, 3.05) is 13.6 Å². The average molecular weight is 192 g/mol. The Morgan fingerprint density at radius 1 is 1.58 bits per heavy atom. The van der Waals surface area contributed by atoms with Gasteiger partial charge in [-0.2, -0.15) is 0 Å². The zero-order valence-electron chi connectivity index (χ0n) is 7.72. The minimum atomic E-state index is -2.47. The lowest BCUT2D eigenvalue weighted by atomic mass is 10.1. The van der Waals surface area contributed by atoms with E-state index in [4.69, 9.17) is 0 Å². The minimum Gasteiger partial charge on any atom is -0.298 e. The predicted molar refractivity (Wildman–Crippen MR) is 52.2 cm³/mol. The molecule has 0 bridgehead atoms. The van der Waals surface area contributed by atoms with Crippen LogP contribution in [0.3, 0.4) is 0 Å². The number of ketones is 1. The van der Waals surface area contributed by atoms with Gasteiger partial charge in [0.1, 0.15) is 5.78 Å². The van der Waals surface area contributed by atoms with Gasteiger partial charge in [0.15, 0.2) is 0 Å². The molecule has 0 fully saturated rings. The summed E-state index contributed by atoms with van der Waals surface area (Å²) in [6.45, 7) is 3.70. The largest absolute Gasteiger partial charge is 0.298 e. The third-order valence-corrected chi connectivity index (χ3v) is 2.72. The van der Waals surface area contributed by atoms with Crippen molar-refractivity contribution >= 4 is 21.5 Å². The third-order valence-electron chi connectivity index (χ3n) is 1.45. The fourth-order valence-corrected chi connectivity index (χ4v) is 0.984. The van der Waals surface area contributed by atoms with Crippen LogP contribution < -0.4 is 9.44 Å². The zero-order chi connectivity index (χ0) is 9.78. The topological polar surface area (TPSA) is 58.2 Å². The number of nitrogens with one attached hydrogen (secondary N) is 2. The molecule has 0 radical (unpaired) electrons. The Hall–Kier alpha value is -0.390. The van der Waals surface area contributed by atoms with Crippen LogP contribution in [0.25, 0.3) is 0 Å². The van der Waals surface area contributed by atoms with Crippen LogP contribution in [-0.2, 0) is 14.7 Å².